The molecule has 14 heavy (non-hydrogen) atoms. The van der Waals surface area contributed by atoms with Crippen LogP contribution in [0.1, 0.15) is 32.1 Å². The predicted molar refractivity (Wildman–Crippen MR) is 71.3 cm³/mol. The van der Waals surface area contributed by atoms with Gasteiger partial charge in [0.05, 0.1) is 0 Å². The lowest BCUT2D eigenvalue weighted by molar-refractivity contribution is 0.175. The second-order valence-corrected chi connectivity index (χ2v) is 5.29. The lowest BCUT2D eigenvalue weighted by atomic mass is 10.0. The van der Waals surface area contributed by atoms with Crippen LogP contribution in [0.4, 0.5) is 0 Å². The normalized spacial score (nSPS) is 24.0. The van der Waals surface area contributed by atoms with Crippen LogP contribution in [-0.4, -0.2) is 42.1 Å². The molecule has 0 aromatic carbocycles. The Kier molecular flexibility index (Phi) is 7.16. The zero-order valence-electron chi connectivity index (χ0n) is 9.27. The zero-order valence-corrected chi connectivity index (χ0v) is 11.4. The van der Waals surface area contributed by atoms with Gasteiger partial charge in [0.2, 0.25) is 0 Å². The van der Waals surface area contributed by atoms with Crippen molar-refractivity contribution in [3.63, 3.8) is 0 Å². The van der Waals surface area contributed by atoms with E-state index in [0.29, 0.717) is 0 Å². The van der Waals surface area contributed by atoms with E-state index in [4.69, 9.17) is 0 Å². The van der Waals surface area contributed by atoms with Gasteiger partial charge in [0.15, 0.2) is 0 Å². The van der Waals surface area contributed by atoms with Gasteiger partial charge in [-0.3, -0.25) is 0 Å². The maximum Gasteiger partial charge on any atom is 0.0104 e. The summed E-state index contributed by atoms with van der Waals surface area (Å²) in [5.74, 6) is 0. The average Bonchev–Trinajstić information content (AvgIpc) is 2.20. The van der Waals surface area contributed by atoms with Gasteiger partial charge >= 0.3 is 0 Å². The lowest BCUT2D eigenvalue weighted by Gasteiger charge is -2.32. The van der Waals surface area contributed by atoms with Crippen LogP contribution < -0.4 is 5.32 Å². The largest absolute Gasteiger partial charge is 0.317 e. The molecule has 0 spiro atoms. The van der Waals surface area contributed by atoms with Gasteiger partial charge in [-0.25, -0.2) is 0 Å². The van der Waals surface area contributed by atoms with E-state index in [0.717, 1.165) is 6.04 Å². The van der Waals surface area contributed by atoms with Crippen LogP contribution in [-0.2, 0) is 0 Å². The number of halogens is 1. The van der Waals surface area contributed by atoms with Gasteiger partial charge in [-0.2, -0.15) is 0 Å². The molecule has 1 unspecified atom stereocenters. The van der Waals surface area contributed by atoms with E-state index >= 15 is 0 Å². The van der Waals surface area contributed by atoms with E-state index in [2.05, 4.69) is 39.9 Å². The molecule has 0 bridgehead atoms. The van der Waals surface area contributed by atoms with Gasteiger partial charge in [0.1, 0.15) is 0 Å². The second kappa shape index (κ2) is 7.88. The highest BCUT2D eigenvalue weighted by Gasteiger charge is 2.17. The smallest absolute Gasteiger partial charge is 0.0104 e. The fraction of sp³-hybridized carbons (Fsp3) is 1.00. The van der Waals surface area contributed by atoms with Crippen LogP contribution >= 0.6 is 22.6 Å². The number of rotatable bonds is 6. The SMILES string of the molecule is CN1CCCCC1CCNCCCI. The number of nitrogens with one attached hydrogen (secondary N) is 1. The van der Waals surface area contributed by atoms with Crippen molar-refractivity contribution < 1.29 is 0 Å². The van der Waals surface area contributed by atoms with Gasteiger partial charge in [0, 0.05) is 10.5 Å². The molecule has 1 fully saturated rings. The molecule has 1 aliphatic heterocycles. The number of nitrogens with zero attached hydrogens (tertiary/aromatic N) is 1. The van der Waals surface area contributed by atoms with Crippen molar-refractivity contribution in [1.82, 2.24) is 10.2 Å². The maximum atomic E-state index is 3.52. The Morgan fingerprint density at radius 3 is 2.93 bits per heavy atom. The zero-order chi connectivity index (χ0) is 10.2. The molecule has 0 aromatic rings. The summed E-state index contributed by atoms with van der Waals surface area (Å²) in [6.07, 6.45) is 6.88. The summed E-state index contributed by atoms with van der Waals surface area (Å²) in [4.78, 5) is 2.53. The summed E-state index contributed by atoms with van der Waals surface area (Å²) >= 11 is 2.44. The standard InChI is InChI=1S/C11H23IN2/c1-14-10-3-2-5-11(14)6-9-13-8-4-7-12/h11,13H,2-10H2,1H3. The maximum absolute atomic E-state index is 3.52. The number of hydrogen-bond acceptors (Lipinski definition) is 2. The second-order valence-electron chi connectivity index (χ2n) is 4.21. The molecule has 1 rings (SSSR count). The van der Waals surface area contributed by atoms with E-state index in [1.807, 2.05) is 0 Å². The molecule has 1 heterocycles. The van der Waals surface area contributed by atoms with Gasteiger partial charge in [-0.15, -0.1) is 0 Å². The Morgan fingerprint density at radius 2 is 2.21 bits per heavy atom. The summed E-state index contributed by atoms with van der Waals surface area (Å²) in [6, 6.07) is 0.843. The molecule has 1 N–H and O–H groups in total. The van der Waals surface area contributed by atoms with E-state index < -0.39 is 0 Å². The van der Waals surface area contributed by atoms with Crippen LogP contribution in [0.5, 0.6) is 0 Å². The van der Waals surface area contributed by atoms with Crippen LogP contribution in [0, 0.1) is 0 Å². The summed E-state index contributed by atoms with van der Waals surface area (Å²) < 4.78 is 1.27. The molecular weight excluding hydrogens is 287 g/mol. The molecule has 1 saturated heterocycles. The van der Waals surface area contributed by atoms with Crippen molar-refractivity contribution in [2.24, 2.45) is 0 Å². The Hall–Kier alpha value is 0.650. The minimum atomic E-state index is 0.843. The Bertz CT molecular complexity index is 141. The first-order chi connectivity index (χ1) is 6.84. The first-order valence-corrected chi connectivity index (χ1v) is 7.34. The quantitative estimate of drug-likeness (QED) is 0.460. The van der Waals surface area contributed by atoms with Crippen LogP contribution in [0.3, 0.4) is 0 Å². The monoisotopic (exact) mass is 310 g/mol. The predicted octanol–water partition coefficient (Wildman–Crippen LogP) is 2.28. The minimum Gasteiger partial charge on any atom is -0.317 e. The van der Waals surface area contributed by atoms with Crippen molar-refractivity contribution in [2.45, 2.75) is 38.1 Å². The first-order valence-electron chi connectivity index (χ1n) is 5.81. The average molecular weight is 310 g/mol. The lowest BCUT2D eigenvalue weighted by Crippen LogP contribution is -2.38. The van der Waals surface area contributed by atoms with Crippen LogP contribution in [0.25, 0.3) is 0 Å². The van der Waals surface area contributed by atoms with Crippen LogP contribution in [0.15, 0.2) is 0 Å². The molecule has 0 amide bonds. The molecule has 1 aliphatic rings. The molecule has 0 aromatic heterocycles. The fourth-order valence-electron chi connectivity index (χ4n) is 2.09. The van der Waals surface area contributed by atoms with Crippen molar-refractivity contribution in [1.29, 1.82) is 0 Å². The summed E-state index contributed by atoms with van der Waals surface area (Å²) in [6.45, 7) is 3.70. The van der Waals surface area contributed by atoms with E-state index in [-0.39, 0.29) is 0 Å². The summed E-state index contributed by atoms with van der Waals surface area (Å²) in [7, 11) is 2.27. The number of hydrogen-bond donors (Lipinski definition) is 1. The molecule has 0 saturated carbocycles. The molecule has 0 radical (unpaired) electrons. The van der Waals surface area contributed by atoms with Crippen molar-refractivity contribution in [3.05, 3.63) is 0 Å². The molecule has 1 atom stereocenters. The number of alkyl halides is 1. The van der Waals surface area contributed by atoms with E-state index in [1.165, 1.54) is 56.2 Å². The third-order valence-corrected chi connectivity index (χ3v) is 3.83. The van der Waals surface area contributed by atoms with Crippen molar-refractivity contribution >= 4 is 22.6 Å². The van der Waals surface area contributed by atoms with Crippen molar-refractivity contribution in [2.75, 3.05) is 31.1 Å². The fourth-order valence-corrected chi connectivity index (χ4v) is 2.48. The van der Waals surface area contributed by atoms with Gasteiger partial charge < -0.3 is 10.2 Å². The highest BCUT2D eigenvalue weighted by molar-refractivity contribution is 14.1. The van der Waals surface area contributed by atoms with E-state index in [1.54, 1.807) is 0 Å². The first kappa shape index (κ1) is 12.7. The Labute approximate surface area is 102 Å². The molecule has 2 nitrogen and oxygen atoms in total. The van der Waals surface area contributed by atoms with Gasteiger partial charge in [-0.1, -0.05) is 29.0 Å². The molecule has 3 heteroatoms. The molecule has 0 aliphatic carbocycles. The number of likely N-dealkylation sites (tertiary alicyclic amines) is 1. The summed E-state index contributed by atoms with van der Waals surface area (Å²) in [5.41, 5.74) is 0. The molecule has 84 valence electrons. The Morgan fingerprint density at radius 1 is 1.36 bits per heavy atom. The third kappa shape index (κ3) is 4.94. The molecular formula is C11H23IN2. The van der Waals surface area contributed by atoms with Crippen LogP contribution in [0.2, 0.25) is 0 Å². The highest BCUT2D eigenvalue weighted by Crippen LogP contribution is 2.16. The topological polar surface area (TPSA) is 15.3 Å². The number of piperidine rings is 1. The van der Waals surface area contributed by atoms with Crippen molar-refractivity contribution in [3.8, 4) is 0 Å². The third-order valence-electron chi connectivity index (χ3n) is 3.06. The summed E-state index contributed by atoms with van der Waals surface area (Å²) in [5, 5.41) is 3.52. The van der Waals surface area contributed by atoms with Gasteiger partial charge in [0.25, 0.3) is 0 Å². The Balaban J connectivity index is 1.99. The minimum absolute atomic E-state index is 0.843. The van der Waals surface area contributed by atoms with E-state index in [9.17, 15) is 0 Å². The highest BCUT2D eigenvalue weighted by atomic mass is 127. The van der Waals surface area contributed by atoms with Gasteiger partial charge in [-0.05, 0) is 52.4 Å².